The third kappa shape index (κ3) is 5.58. The van der Waals surface area contributed by atoms with E-state index in [-0.39, 0.29) is 30.0 Å². The van der Waals surface area contributed by atoms with E-state index in [1.54, 1.807) is 18.2 Å². The largest absolute Gasteiger partial charge is 0.508 e. The van der Waals surface area contributed by atoms with Gasteiger partial charge in [0.25, 0.3) is 0 Å². The summed E-state index contributed by atoms with van der Waals surface area (Å²) in [4.78, 5) is 50.2. The number of amides is 2. The summed E-state index contributed by atoms with van der Waals surface area (Å²) in [6.07, 6.45) is 4.92. The monoisotopic (exact) mass is 552 g/mol. The standard InChI is InChI=1S/C30H40N4O6/c1-17-23(16-35)34-15-24(17)39-26-21(31-20-12-11-19(36)13-22(20)32-26)10-8-6-7-9-18-14-30(18,5)40-28(38)33-25(27(34)37)29(2,3)4/h11-13,16-18,23-25,36H,6-10,14-15H2,1-5H3,(H,33,38)/t17-,18+,23+,24-,25+,30+/m0/s1. The minimum atomic E-state index is -0.896. The average Bonchev–Trinajstić information content (AvgIpc) is 3.40. The summed E-state index contributed by atoms with van der Waals surface area (Å²) in [7, 11) is 0. The maximum Gasteiger partial charge on any atom is 0.408 e. The molecule has 0 spiro atoms. The van der Waals surface area contributed by atoms with Gasteiger partial charge >= 0.3 is 6.09 Å². The summed E-state index contributed by atoms with van der Waals surface area (Å²) in [5.41, 5.74) is 0.734. The number of phenols is 1. The van der Waals surface area contributed by atoms with Crippen LogP contribution in [-0.4, -0.2) is 68.6 Å². The lowest BCUT2D eigenvalue weighted by Gasteiger charge is -2.34. The van der Waals surface area contributed by atoms with E-state index in [4.69, 9.17) is 19.4 Å². The molecule has 1 saturated carbocycles. The number of hydrogen-bond donors (Lipinski definition) is 2. The van der Waals surface area contributed by atoms with Crippen LogP contribution in [0.5, 0.6) is 11.6 Å². The molecule has 3 heterocycles. The molecule has 1 aromatic heterocycles. The number of aryl methyl sites for hydroxylation is 1. The van der Waals surface area contributed by atoms with E-state index in [2.05, 4.69) is 5.32 Å². The molecule has 2 amide bonds. The lowest BCUT2D eigenvalue weighted by atomic mass is 9.85. The lowest BCUT2D eigenvalue weighted by molar-refractivity contribution is -0.139. The summed E-state index contributed by atoms with van der Waals surface area (Å²) in [5.74, 6) is 0.0522. The molecule has 1 aliphatic carbocycles. The molecule has 10 nitrogen and oxygen atoms in total. The molecule has 216 valence electrons. The van der Waals surface area contributed by atoms with E-state index in [0.717, 1.165) is 44.1 Å². The number of carbonyl (C=O) groups is 3. The molecular formula is C30H40N4O6. The number of nitrogens with one attached hydrogen (secondary N) is 1. The molecular weight excluding hydrogens is 512 g/mol. The van der Waals surface area contributed by atoms with Gasteiger partial charge in [0.05, 0.1) is 23.6 Å². The van der Waals surface area contributed by atoms with Crippen molar-refractivity contribution >= 4 is 29.3 Å². The fraction of sp³-hybridized carbons (Fsp3) is 0.633. The maximum absolute atomic E-state index is 13.9. The Morgan fingerprint density at radius 3 is 2.65 bits per heavy atom. The molecule has 3 aliphatic rings. The Kier molecular flexibility index (Phi) is 7.39. The van der Waals surface area contributed by atoms with Crippen LogP contribution in [-0.2, 0) is 20.7 Å². The third-order valence-corrected chi connectivity index (χ3v) is 8.75. The van der Waals surface area contributed by atoms with E-state index in [9.17, 15) is 19.5 Å². The van der Waals surface area contributed by atoms with Crippen molar-refractivity contribution in [2.45, 2.75) is 96.9 Å². The molecule has 2 aromatic rings. The van der Waals surface area contributed by atoms with Gasteiger partial charge in [0.15, 0.2) is 0 Å². The fourth-order valence-corrected chi connectivity index (χ4v) is 6.02. The molecule has 1 saturated heterocycles. The highest BCUT2D eigenvalue weighted by Crippen LogP contribution is 2.49. The van der Waals surface area contributed by atoms with Crippen LogP contribution in [0.2, 0.25) is 0 Å². The fourth-order valence-electron chi connectivity index (χ4n) is 6.02. The SMILES string of the molecule is C[C@@H]1[C@@H]2CN(C(=O)[C@H](C(C)(C)C)NC(=O)O[C@]3(C)C[C@H]3CCCCCc3nc4ccc(O)cc4nc3O2)[C@@H]1C=O. The van der Waals surface area contributed by atoms with E-state index in [1.165, 1.54) is 4.90 Å². The molecule has 10 heteroatoms. The number of phenolic OH excluding ortho intramolecular Hbond substituents is 1. The zero-order valence-corrected chi connectivity index (χ0v) is 24.0. The van der Waals surface area contributed by atoms with Gasteiger partial charge in [0.2, 0.25) is 11.8 Å². The molecule has 2 aliphatic heterocycles. The van der Waals surface area contributed by atoms with Crippen LogP contribution in [0.25, 0.3) is 11.0 Å². The van der Waals surface area contributed by atoms with Crippen molar-refractivity contribution in [3.63, 3.8) is 0 Å². The highest BCUT2D eigenvalue weighted by molar-refractivity contribution is 5.89. The van der Waals surface area contributed by atoms with Crippen molar-refractivity contribution in [2.75, 3.05) is 6.54 Å². The van der Waals surface area contributed by atoms with Crippen LogP contribution in [0, 0.1) is 17.3 Å². The van der Waals surface area contributed by atoms with Crippen LogP contribution in [0.15, 0.2) is 18.2 Å². The Labute approximate surface area is 234 Å². The number of rotatable bonds is 1. The zero-order valence-electron chi connectivity index (χ0n) is 24.0. The normalized spacial score (nSPS) is 31.6. The number of ether oxygens (including phenoxy) is 2. The second-order valence-electron chi connectivity index (χ2n) is 12.9. The number of aromatic nitrogens is 2. The zero-order chi connectivity index (χ0) is 28.8. The number of alkyl carbamates (subject to hydrolysis) is 1. The van der Waals surface area contributed by atoms with E-state index >= 15 is 0 Å². The molecule has 0 radical (unpaired) electrons. The van der Waals surface area contributed by atoms with Crippen LogP contribution in [0.3, 0.4) is 0 Å². The molecule has 1 aromatic carbocycles. The van der Waals surface area contributed by atoms with Crippen molar-refractivity contribution < 1.29 is 29.0 Å². The Morgan fingerprint density at radius 2 is 1.93 bits per heavy atom. The van der Waals surface area contributed by atoms with E-state index in [1.807, 2.05) is 34.6 Å². The van der Waals surface area contributed by atoms with Crippen LogP contribution in [0.1, 0.15) is 72.4 Å². The first-order valence-electron chi connectivity index (χ1n) is 14.3. The smallest absolute Gasteiger partial charge is 0.408 e. The number of carbonyl (C=O) groups excluding carboxylic acids is 3. The van der Waals surface area contributed by atoms with Crippen LogP contribution >= 0.6 is 0 Å². The van der Waals surface area contributed by atoms with Gasteiger partial charge in [-0.15, -0.1) is 0 Å². The molecule has 2 fully saturated rings. The first kappa shape index (κ1) is 28.1. The Balaban J connectivity index is 1.50. The first-order valence-corrected chi connectivity index (χ1v) is 14.3. The lowest BCUT2D eigenvalue weighted by Crippen LogP contribution is -2.56. The number of aromatic hydroxyl groups is 1. The minimum absolute atomic E-state index is 0.0836. The Bertz CT molecular complexity index is 1310. The van der Waals surface area contributed by atoms with Gasteiger partial charge in [-0.3, -0.25) is 4.79 Å². The van der Waals surface area contributed by atoms with Gasteiger partial charge in [-0.25, -0.2) is 14.8 Å². The van der Waals surface area contributed by atoms with Gasteiger partial charge in [-0.2, -0.15) is 0 Å². The number of fused-ring (bicyclic) bond motifs is 5. The van der Waals surface area contributed by atoms with Gasteiger partial charge in [-0.1, -0.05) is 40.5 Å². The third-order valence-electron chi connectivity index (χ3n) is 8.75. The Hall–Kier alpha value is -3.43. The summed E-state index contributed by atoms with van der Waals surface area (Å²) >= 11 is 0. The van der Waals surface area contributed by atoms with Gasteiger partial charge < -0.3 is 29.6 Å². The maximum atomic E-state index is 13.9. The van der Waals surface area contributed by atoms with E-state index in [0.29, 0.717) is 23.3 Å². The van der Waals surface area contributed by atoms with Crippen LogP contribution in [0.4, 0.5) is 4.79 Å². The second kappa shape index (κ2) is 10.5. The molecule has 40 heavy (non-hydrogen) atoms. The summed E-state index contributed by atoms with van der Waals surface area (Å²) in [6, 6.07) is 3.24. The summed E-state index contributed by atoms with van der Waals surface area (Å²) in [5, 5.41) is 12.8. The molecule has 2 N–H and O–H groups in total. The van der Waals surface area contributed by atoms with Crippen molar-refractivity contribution in [2.24, 2.45) is 17.3 Å². The molecule has 6 atom stereocenters. The highest BCUT2D eigenvalue weighted by Gasteiger charge is 2.54. The van der Waals surface area contributed by atoms with Gasteiger partial charge in [0, 0.05) is 17.9 Å². The number of hydrogen-bond acceptors (Lipinski definition) is 8. The Morgan fingerprint density at radius 1 is 1.15 bits per heavy atom. The van der Waals surface area contributed by atoms with Gasteiger partial charge in [-0.05, 0) is 50.2 Å². The van der Waals surface area contributed by atoms with Crippen molar-refractivity contribution in [3.05, 3.63) is 23.9 Å². The molecule has 2 bridgehead atoms. The van der Waals surface area contributed by atoms with Crippen molar-refractivity contribution in [1.29, 1.82) is 0 Å². The predicted octanol–water partition coefficient (Wildman–Crippen LogP) is 4.16. The second-order valence-corrected chi connectivity index (χ2v) is 12.9. The number of benzene rings is 1. The molecule has 5 rings (SSSR count). The van der Waals surface area contributed by atoms with Crippen molar-refractivity contribution in [3.8, 4) is 11.6 Å². The topological polar surface area (TPSA) is 131 Å². The average molecular weight is 553 g/mol. The minimum Gasteiger partial charge on any atom is -0.508 e. The molecule has 0 unspecified atom stereocenters. The van der Waals surface area contributed by atoms with Gasteiger partial charge in [0.1, 0.15) is 35.5 Å². The number of nitrogens with zero attached hydrogens (tertiary/aromatic N) is 3. The van der Waals surface area contributed by atoms with Crippen LogP contribution < -0.4 is 10.1 Å². The van der Waals surface area contributed by atoms with Crippen molar-refractivity contribution in [1.82, 2.24) is 20.2 Å². The first-order chi connectivity index (χ1) is 18.9. The number of aldehydes is 1. The summed E-state index contributed by atoms with van der Waals surface area (Å²) in [6.45, 7) is 9.61. The quantitative estimate of drug-likeness (QED) is 0.504. The van der Waals surface area contributed by atoms with E-state index < -0.39 is 35.3 Å². The predicted molar refractivity (Wildman–Crippen MR) is 148 cm³/mol. The highest BCUT2D eigenvalue weighted by atomic mass is 16.6. The summed E-state index contributed by atoms with van der Waals surface area (Å²) < 4.78 is 12.3.